The Kier molecular flexibility index (Phi) is 3.66. The standard InChI is InChI=1S/C14H11BrN2O4/c15-12-5-9(6-13-14(12)21-8-20-13)7-16-10-1-3-11(4-2-10)17(18)19/h1-6,16H,7-8H2. The Morgan fingerprint density at radius 2 is 2.00 bits per heavy atom. The lowest BCUT2D eigenvalue weighted by molar-refractivity contribution is -0.384. The molecule has 108 valence electrons. The summed E-state index contributed by atoms with van der Waals surface area (Å²) < 4.78 is 11.5. The molecule has 0 bridgehead atoms. The molecule has 0 saturated carbocycles. The van der Waals surface area contributed by atoms with Gasteiger partial charge in [0.1, 0.15) is 0 Å². The zero-order chi connectivity index (χ0) is 14.8. The van der Waals surface area contributed by atoms with Gasteiger partial charge in [-0.1, -0.05) is 0 Å². The normalized spacial score (nSPS) is 12.2. The third kappa shape index (κ3) is 2.92. The van der Waals surface area contributed by atoms with E-state index >= 15 is 0 Å². The maximum Gasteiger partial charge on any atom is 0.269 e. The number of rotatable bonds is 4. The first kappa shape index (κ1) is 13.7. The molecule has 0 atom stereocenters. The van der Waals surface area contributed by atoms with Crippen molar-refractivity contribution in [2.24, 2.45) is 0 Å². The summed E-state index contributed by atoms with van der Waals surface area (Å²) in [6, 6.07) is 10.2. The quantitative estimate of drug-likeness (QED) is 0.672. The maximum atomic E-state index is 10.6. The molecule has 0 amide bonds. The molecule has 2 aromatic rings. The summed E-state index contributed by atoms with van der Waals surface area (Å²) >= 11 is 3.44. The molecule has 1 heterocycles. The van der Waals surface area contributed by atoms with Crippen LogP contribution < -0.4 is 14.8 Å². The van der Waals surface area contributed by atoms with Crippen molar-refractivity contribution in [3.63, 3.8) is 0 Å². The SMILES string of the molecule is O=[N+]([O-])c1ccc(NCc2cc(Br)c3c(c2)OCO3)cc1. The number of hydrogen-bond acceptors (Lipinski definition) is 5. The predicted octanol–water partition coefficient (Wildman–Crippen LogP) is 3.70. The first-order chi connectivity index (χ1) is 10.1. The number of nitrogens with one attached hydrogen (secondary N) is 1. The number of fused-ring (bicyclic) bond motifs is 1. The van der Waals surface area contributed by atoms with Gasteiger partial charge >= 0.3 is 0 Å². The van der Waals surface area contributed by atoms with Gasteiger partial charge < -0.3 is 14.8 Å². The second-order valence-corrected chi connectivity index (χ2v) is 5.32. The van der Waals surface area contributed by atoms with Crippen LogP contribution >= 0.6 is 15.9 Å². The van der Waals surface area contributed by atoms with Gasteiger partial charge in [-0.3, -0.25) is 10.1 Å². The molecule has 0 radical (unpaired) electrons. The summed E-state index contributed by atoms with van der Waals surface area (Å²) in [6.45, 7) is 0.806. The van der Waals surface area contributed by atoms with Crippen molar-refractivity contribution >= 4 is 27.3 Å². The fourth-order valence-electron chi connectivity index (χ4n) is 2.03. The number of nitro benzene ring substituents is 1. The van der Waals surface area contributed by atoms with E-state index in [1.54, 1.807) is 12.1 Å². The monoisotopic (exact) mass is 350 g/mol. The van der Waals surface area contributed by atoms with Crippen LogP contribution in [0.25, 0.3) is 0 Å². The average Bonchev–Trinajstić information content (AvgIpc) is 2.94. The van der Waals surface area contributed by atoms with E-state index in [0.717, 1.165) is 15.7 Å². The third-order valence-electron chi connectivity index (χ3n) is 3.06. The number of ether oxygens (including phenoxy) is 2. The van der Waals surface area contributed by atoms with E-state index in [1.165, 1.54) is 12.1 Å². The molecule has 2 aromatic carbocycles. The summed E-state index contributed by atoms with van der Waals surface area (Å²) in [7, 11) is 0. The predicted molar refractivity (Wildman–Crippen MR) is 80.7 cm³/mol. The molecule has 6 nitrogen and oxygen atoms in total. The highest BCUT2D eigenvalue weighted by molar-refractivity contribution is 9.10. The van der Waals surface area contributed by atoms with Gasteiger partial charge in [0.05, 0.1) is 9.40 Å². The van der Waals surface area contributed by atoms with E-state index in [9.17, 15) is 10.1 Å². The van der Waals surface area contributed by atoms with E-state index in [-0.39, 0.29) is 12.5 Å². The van der Waals surface area contributed by atoms with Crippen molar-refractivity contribution in [1.29, 1.82) is 0 Å². The van der Waals surface area contributed by atoms with E-state index in [0.29, 0.717) is 18.0 Å². The van der Waals surface area contributed by atoms with Crippen LogP contribution in [0.1, 0.15) is 5.56 Å². The zero-order valence-electron chi connectivity index (χ0n) is 10.8. The van der Waals surface area contributed by atoms with Crippen LogP contribution in [0.3, 0.4) is 0 Å². The van der Waals surface area contributed by atoms with Gasteiger partial charge in [0.15, 0.2) is 11.5 Å². The topological polar surface area (TPSA) is 73.6 Å². The summed E-state index contributed by atoms with van der Waals surface area (Å²) in [5.74, 6) is 1.43. The number of nitro groups is 1. The smallest absolute Gasteiger partial charge is 0.269 e. The molecule has 7 heteroatoms. The largest absolute Gasteiger partial charge is 0.454 e. The van der Waals surface area contributed by atoms with E-state index in [1.807, 2.05) is 12.1 Å². The van der Waals surface area contributed by atoms with Crippen molar-refractivity contribution in [2.75, 3.05) is 12.1 Å². The first-order valence-electron chi connectivity index (χ1n) is 6.20. The van der Waals surface area contributed by atoms with Gasteiger partial charge in [-0.05, 0) is 45.8 Å². The van der Waals surface area contributed by atoms with Gasteiger partial charge in [-0.2, -0.15) is 0 Å². The Bertz CT molecular complexity index is 688. The third-order valence-corrected chi connectivity index (χ3v) is 3.65. The number of anilines is 1. The summed E-state index contributed by atoms with van der Waals surface area (Å²) in [5, 5.41) is 13.8. The fourth-order valence-corrected chi connectivity index (χ4v) is 2.63. The number of nitrogens with zero attached hydrogens (tertiary/aromatic N) is 1. The molecule has 0 unspecified atom stereocenters. The van der Waals surface area contributed by atoms with E-state index < -0.39 is 4.92 Å². The van der Waals surface area contributed by atoms with Crippen LogP contribution in [0.2, 0.25) is 0 Å². The number of halogens is 1. The Labute approximate surface area is 129 Å². The van der Waals surface area contributed by atoms with Crippen molar-refractivity contribution < 1.29 is 14.4 Å². The summed E-state index contributed by atoms with van der Waals surface area (Å²) in [5.41, 5.74) is 1.91. The molecule has 0 aliphatic carbocycles. The van der Waals surface area contributed by atoms with Gasteiger partial charge in [0, 0.05) is 24.4 Å². The second kappa shape index (κ2) is 5.61. The van der Waals surface area contributed by atoms with Gasteiger partial charge in [-0.25, -0.2) is 0 Å². The molecular formula is C14H11BrN2O4. The van der Waals surface area contributed by atoms with Crippen LogP contribution in [0, 0.1) is 10.1 Å². The second-order valence-electron chi connectivity index (χ2n) is 4.47. The summed E-state index contributed by atoms with van der Waals surface area (Å²) in [6.07, 6.45) is 0. The minimum atomic E-state index is -0.418. The average molecular weight is 351 g/mol. The molecule has 21 heavy (non-hydrogen) atoms. The molecule has 0 saturated heterocycles. The van der Waals surface area contributed by atoms with Crippen molar-refractivity contribution in [3.05, 3.63) is 56.5 Å². The summed E-state index contributed by atoms with van der Waals surface area (Å²) in [4.78, 5) is 10.2. The minimum Gasteiger partial charge on any atom is -0.454 e. The van der Waals surface area contributed by atoms with Crippen LogP contribution in [-0.2, 0) is 6.54 Å². The molecule has 1 aliphatic rings. The minimum absolute atomic E-state index is 0.0753. The number of non-ortho nitro benzene ring substituents is 1. The Balaban J connectivity index is 1.70. The Morgan fingerprint density at radius 3 is 2.71 bits per heavy atom. The lowest BCUT2D eigenvalue weighted by Crippen LogP contribution is -1.99. The van der Waals surface area contributed by atoms with Crippen LogP contribution in [0.5, 0.6) is 11.5 Å². The first-order valence-corrected chi connectivity index (χ1v) is 6.99. The van der Waals surface area contributed by atoms with Gasteiger partial charge in [0.2, 0.25) is 6.79 Å². The van der Waals surface area contributed by atoms with Crippen LogP contribution in [0.4, 0.5) is 11.4 Å². The van der Waals surface area contributed by atoms with Crippen molar-refractivity contribution in [3.8, 4) is 11.5 Å². The molecule has 3 rings (SSSR count). The van der Waals surface area contributed by atoms with Crippen LogP contribution in [-0.4, -0.2) is 11.7 Å². The Hall–Kier alpha value is -2.28. The van der Waals surface area contributed by atoms with Gasteiger partial charge in [-0.15, -0.1) is 0 Å². The highest BCUT2D eigenvalue weighted by Gasteiger charge is 2.17. The van der Waals surface area contributed by atoms with Crippen molar-refractivity contribution in [1.82, 2.24) is 0 Å². The lowest BCUT2D eigenvalue weighted by Gasteiger charge is -2.08. The molecular weight excluding hydrogens is 340 g/mol. The fraction of sp³-hybridized carbons (Fsp3) is 0.143. The zero-order valence-corrected chi connectivity index (χ0v) is 12.4. The number of benzene rings is 2. The molecule has 1 aliphatic heterocycles. The molecule has 0 spiro atoms. The lowest BCUT2D eigenvalue weighted by atomic mass is 10.2. The van der Waals surface area contributed by atoms with E-state index in [4.69, 9.17) is 9.47 Å². The molecule has 0 aromatic heterocycles. The van der Waals surface area contributed by atoms with Crippen LogP contribution in [0.15, 0.2) is 40.9 Å². The van der Waals surface area contributed by atoms with E-state index in [2.05, 4.69) is 21.2 Å². The number of hydrogen-bond donors (Lipinski definition) is 1. The highest BCUT2D eigenvalue weighted by atomic mass is 79.9. The molecule has 0 fully saturated rings. The Morgan fingerprint density at radius 1 is 1.24 bits per heavy atom. The molecule has 1 N–H and O–H groups in total. The van der Waals surface area contributed by atoms with Gasteiger partial charge in [0.25, 0.3) is 5.69 Å². The highest BCUT2D eigenvalue weighted by Crippen LogP contribution is 2.40. The van der Waals surface area contributed by atoms with Crippen molar-refractivity contribution in [2.45, 2.75) is 6.54 Å². The maximum absolute atomic E-state index is 10.6.